The van der Waals surface area contributed by atoms with E-state index in [-0.39, 0.29) is 18.2 Å². The minimum atomic E-state index is 0.126. The van der Waals surface area contributed by atoms with Gasteiger partial charge >= 0.3 is 0 Å². The molecular weight excluding hydrogens is 234 g/mol. The molecule has 2 aliphatic heterocycles. The fourth-order valence-corrected chi connectivity index (χ4v) is 2.57. The van der Waals surface area contributed by atoms with Crippen LogP contribution in [0.25, 0.3) is 0 Å². The molecule has 1 aromatic rings. The summed E-state index contributed by atoms with van der Waals surface area (Å²) in [5.41, 5.74) is 0. The lowest BCUT2D eigenvalue weighted by Gasteiger charge is -2.05. The number of aromatic nitrogens is 2. The molecular formula is C12H19N3O3. The monoisotopic (exact) mass is 253 g/mol. The van der Waals surface area contributed by atoms with Crippen LogP contribution in [0.3, 0.4) is 0 Å². The highest BCUT2D eigenvalue weighted by Gasteiger charge is 2.29. The Hall–Kier alpha value is -0.980. The van der Waals surface area contributed by atoms with E-state index in [9.17, 15) is 0 Å². The zero-order valence-corrected chi connectivity index (χ0v) is 10.6. The Bertz CT molecular complexity index is 390. The van der Waals surface area contributed by atoms with Crippen molar-refractivity contribution >= 4 is 0 Å². The number of hydrogen-bond acceptors (Lipinski definition) is 6. The van der Waals surface area contributed by atoms with Crippen LogP contribution in [0.2, 0.25) is 0 Å². The van der Waals surface area contributed by atoms with E-state index in [1.165, 1.54) is 0 Å². The normalized spacial score (nSPS) is 32.2. The minimum Gasteiger partial charge on any atom is -0.380 e. The quantitative estimate of drug-likeness (QED) is 0.857. The molecule has 3 atom stereocenters. The van der Waals surface area contributed by atoms with Gasteiger partial charge in [0.1, 0.15) is 0 Å². The van der Waals surface area contributed by atoms with E-state index in [1.54, 1.807) is 7.11 Å². The van der Waals surface area contributed by atoms with Crippen molar-refractivity contribution in [3.63, 3.8) is 0 Å². The second kappa shape index (κ2) is 5.34. The summed E-state index contributed by atoms with van der Waals surface area (Å²) >= 11 is 0. The first kappa shape index (κ1) is 12.1. The van der Waals surface area contributed by atoms with Crippen molar-refractivity contribution in [2.75, 3.05) is 20.3 Å². The van der Waals surface area contributed by atoms with E-state index >= 15 is 0 Å². The van der Waals surface area contributed by atoms with Crippen LogP contribution < -0.4 is 5.32 Å². The Balaban J connectivity index is 1.59. The lowest BCUT2D eigenvalue weighted by molar-refractivity contribution is 0.109. The van der Waals surface area contributed by atoms with Gasteiger partial charge in [-0.05, 0) is 19.3 Å². The standard InChI is InChI=1S/C12H19N3O3/c1-16-9-5-10(13-7-9)12-14-11(15-18-12)6-8-3-2-4-17-8/h8-10,13H,2-7H2,1H3. The molecule has 100 valence electrons. The van der Waals surface area contributed by atoms with Crippen molar-refractivity contribution in [2.24, 2.45) is 0 Å². The van der Waals surface area contributed by atoms with Crippen LogP contribution in [0.5, 0.6) is 0 Å². The topological polar surface area (TPSA) is 69.4 Å². The molecule has 2 saturated heterocycles. The molecule has 3 heterocycles. The first-order valence-corrected chi connectivity index (χ1v) is 6.55. The summed E-state index contributed by atoms with van der Waals surface area (Å²) in [6.45, 7) is 1.69. The Morgan fingerprint density at radius 1 is 1.50 bits per heavy atom. The van der Waals surface area contributed by atoms with E-state index in [1.807, 2.05) is 0 Å². The third kappa shape index (κ3) is 2.55. The summed E-state index contributed by atoms with van der Waals surface area (Å²) < 4.78 is 16.2. The lowest BCUT2D eigenvalue weighted by Crippen LogP contribution is -2.16. The van der Waals surface area contributed by atoms with Crippen LogP contribution in [0.15, 0.2) is 4.52 Å². The first-order chi connectivity index (χ1) is 8.85. The SMILES string of the molecule is COC1CNC(c2nc(CC3CCCO3)no2)C1. The molecule has 0 bridgehead atoms. The van der Waals surface area contributed by atoms with E-state index in [2.05, 4.69) is 15.5 Å². The smallest absolute Gasteiger partial charge is 0.243 e. The molecule has 0 spiro atoms. The molecule has 0 amide bonds. The Morgan fingerprint density at radius 2 is 2.44 bits per heavy atom. The van der Waals surface area contributed by atoms with Gasteiger partial charge in [-0.25, -0.2) is 0 Å². The van der Waals surface area contributed by atoms with Crippen LogP contribution in [0, 0.1) is 0 Å². The van der Waals surface area contributed by atoms with Crippen molar-refractivity contribution < 1.29 is 14.0 Å². The summed E-state index contributed by atoms with van der Waals surface area (Å²) in [7, 11) is 1.73. The molecule has 2 aliphatic rings. The molecule has 0 saturated carbocycles. The molecule has 3 rings (SSSR count). The van der Waals surface area contributed by atoms with E-state index in [4.69, 9.17) is 14.0 Å². The van der Waals surface area contributed by atoms with Gasteiger partial charge in [-0.3, -0.25) is 0 Å². The summed E-state index contributed by atoms with van der Waals surface area (Å²) in [6, 6.07) is 0.126. The maximum atomic E-state index is 5.57. The number of ether oxygens (including phenoxy) is 2. The third-order valence-corrected chi connectivity index (χ3v) is 3.64. The van der Waals surface area contributed by atoms with Crippen molar-refractivity contribution in [3.8, 4) is 0 Å². The molecule has 0 aliphatic carbocycles. The molecule has 1 N–H and O–H groups in total. The van der Waals surface area contributed by atoms with E-state index in [0.29, 0.717) is 5.89 Å². The summed E-state index contributed by atoms with van der Waals surface area (Å²) in [4.78, 5) is 4.45. The number of hydrogen-bond donors (Lipinski definition) is 1. The summed E-state index contributed by atoms with van der Waals surface area (Å²) in [5.74, 6) is 1.42. The zero-order valence-electron chi connectivity index (χ0n) is 10.6. The van der Waals surface area contributed by atoms with Gasteiger partial charge in [-0.15, -0.1) is 0 Å². The number of nitrogens with one attached hydrogen (secondary N) is 1. The maximum absolute atomic E-state index is 5.57. The first-order valence-electron chi connectivity index (χ1n) is 6.55. The Kier molecular flexibility index (Phi) is 3.58. The van der Waals surface area contributed by atoms with Gasteiger partial charge in [0.15, 0.2) is 5.82 Å². The van der Waals surface area contributed by atoms with Crippen molar-refractivity contribution in [3.05, 3.63) is 11.7 Å². The fraction of sp³-hybridized carbons (Fsp3) is 0.833. The van der Waals surface area contributed by atoms with Gasteiger partial charge < -0.3 is 19.3 Å². The van der Waals surface area contributed by atoms with Gasteiger partial charge in [-0.1, -0.05) is 5.16 Å². The molecule has 6 nitrogen and oxygen atoms in total. The lowest BCUT2D eigenvalue weighted by atomic mass is 10.2. The largest absolute Gasteiger partial charge is 0.380 e. The van der Waals surface area contributed by atoms with E-state index in [0.717, 1.165) is 44.7 Å². The van der Waals surface area contributed by atoms with Gasteiger partial charge in [-0.2, -0.15) is 4.98 Å². The van der Waals surface area contributed by atoms with Crippen LogP contribution in [0.4, 0.5) is 0 Å². The molecule has 2 fully saturated rings. The second-order valence-corrected chi connectivity index (χ2v) is 4.94. The van der Waals surface area contributed by atoms with Crippen LogP contribution in [0.1, 0.15) is 37.0 Å². The average molecular weight is 253 g/mol. The second-order valence-electron chi connectivity index (χ2n) is 4.94. The summed E-state index contributed by atoms with van der Waals surface area (Å²) in [5, 5.41) is 7.36. The van der Waals surface area contributed by atoms with Crippen LogP contribution in [-0.4, -0.2) is 42.6 Å². The van der Waals surface area contributed by atoms with Gasteiger partial charge in [0.05, 0.1) is 18.2 Å². The zero-order chi connectivity index (χ0) is 12.4. The van der Waals surface area contributed by atoms with E-state index < -0.39 is 0 Å². The molecule has 0 radical (unpaired) electrons. The predicted molar refractivity (Wildman–Crippen MR) is 63.1 cm³/mol. The highest BCUT2D eigenvalue weighted by Crippen LogP contribution is 2.24. The molecule has 3 unspecified atom stereocenters. The van der Waals surface area contributed by atoms with Crippen molar-refractivity contribution in [2.45, 2.75) is 43.9 Å². The fourth-order valence-electron chi connectivity index (χ4n) is 2.57. The minimum absolute atomic E-state index is 0.126. The van der Waals surface area contributed by atoms with Crippen molar-refractivity contribution in [1.82, 2.24) is 15.5 Å². The van der Waals surface area contributed by atoms with Gasteiger partial charge in [0.2, 0.25) is 5.89 Å². The number of rotatable bonds is 4. The molecule has 6 heteroatoms. The molecule has 18 heavy (non-hydrogen) atoms. The van der Waals surface area contributed by atoms with Gasteiger partial charge in [0.25, 0.3) is 0 Å². The highest BCUT2D eigenvalue weighted by molar-refractivity contribution is 4.98. The maximum Gasteiger partial charge on any atom is 0.243 e. The Labute approximate surface area is 106 Å². The number of methoxy groups -OCH3 is 1. The van der Waals surface area contributed by atoms with Crippen molar-refractivity contribution in [1.29, 1.82) is 0 Å². The predicted octanol–water partition coefficient (Wildman–Crippen LogP) is 0.841. The Morgan fingerprint density at radius 3 is 3.17 bits per heavy atom. The number of nitrogens with zero attached hydrogens (tertiary/aromatic N) is 2. The highest BCUT2D eigenvalue weighted by atomic mass is 16.5. The molecule has 1 aromatic heterocycles. The van der Waals surface area contributed by atoms with Crippen LogP contribution >= 0.6 is 0 Å². The average Bonchev–Trinajstić information content (AvgIpc) is 3.09. The third-order valence-electron chi connectivity index (χ3n) is 3.64. The molecule has 0 aromatic carbocycles. The van der Waals surface area contributed by atoms with Crippen LogP contribution in [-0.2, 0) is 15.9 Å². The summed E-state index contributed by atoms with van der Waals surface area (Å²) in [6.07, 6.45) is 4.37. The van der Waals surface area contributed by atoms with Gasteiger partial charge in [0, 0.05) is 26.7 Å².